The molecule has 2 aromatic heterocycles. The van der Waals surface area contributed by atoms with Gasteiger partial charge < -0.3 is 14.9 Å². The van der Waals surface area contributed by atoms with Crippen LogP contribution in [0.3, 0.4) is 0 Å². The number of anilines is 1. The summed E-state index contributed by atoms with van der Waals surface area (Å²) < 4.78 is 34.3. The number of fused-ring (bicyclic) bond motifs is 1. The number of ether oxygens (including phenoxy) is 1. The van der Waals surface area contributed by atoms with Gasteiger partial charge in [-0.15, -0.1) is 0 Å². The number of nitrogens with zero attached hydrogens (tertiary/aromatic N) is 3. The van der Waals surface area contributed by atoms with Crippen molar-refractivity contribution >= 4 is 17.2 Å². The number of esters is 1. The smallest absolute Gasteiger partial charge is 0.359 e. The molecule has 0 fully saturated rings. The molecule has 0 saturated carbocycles. The minimum absolute atomic E-state index is 0.0348. The van der Waals surface area contributed by atoms with Crippen LogP contribution in [0, 0.1) is 11.6 Å². The third-order valence-corrected chi connectivity index (χ3v) is 3.27. The van der Waals surface area contributed by atoms with Crippen LogP contribution in [0.5, 0.6) is 0 Å². The summed E-state index contributed by atoms with van der Waals surface area (Å²) in [7, 11) is 0. The van der Waals surface area contributed by atoms with Crippen LogP contribution in [0.25, 0.3) is 16.8 Å². The minimum atomic E-state index is -0.886. The van der Waals surface area contributed by atoms with Gasteiger partial charge in [-0.05, 0) is 19.1 Å². The average molecular weight is 318 g/mol. The molecule has 6 nitrogen and oxygen atoms in total. The highest BCUT2D eigenvalue weighted by atomic mass is 19.1. The van der Waals surface area contributed by atoms with E-state index in [9.17, 15) is 13.6 Å². The van der Waals surface area contributed by atoms with Crippen LogP contribution in [0.1, 0.15) is 17.4 Å². The largest absolute Gasteiger partial charge is 0.461 e. The summed E-state index contributed by atoms with van der Waals surface area (Å²) in [6.07, 6.45) is 4.01. The van der Waals surface area contributed by atoms with E-state index in [2.05, 4.69) is 9.97 Å². The summed E-state index contributed by atoms with van der Waals surface area (Å²) in [6, 6.07) is 2.21. The van der Waals surface area contributed by atoms with E-state index in [1.807, 2.05) is 0 Å². The number of carbonyl (C=O) groups excluding carboxylic acids is 1. The van der Waals surface area contributed by atoms with Crippen LogP contribution in [0.2, 0.25) is 0 Å². The molecule has 2 N–H and O–H groups in total. The molecule has 8 heteroatoms. The molecule has 0 aliphatic heterocycles. The molecule has 118 valence electrons. The van der Waals surface area contributed by atoms with Crippen molar-refractivity contribution in [2.45, 2.75) is 6.92 Å². The molecule has 0 aliphatic carbocycles. The van der Waals surface area contributed by atoms with Crippen LogP contribution < -0.4 is 5.73 Å². The van der Waals surface area contributed by atoms with E-state index < -0.39 is 17.6 Å². The van der Waals surface area contributed by atoms with E-state index >= 15 is 0 Å². The molecule has 0 spiro atoms. The fourth-order valence-corrected chi connectivity index (χ4v) is 2.19. The van der Waals surface area contributed by atoms with E-state index in [0.29, 0.717) is 5.52 Å². The highest BCUT2D eigenvalue weighted by Crippen LogP contribution is 2.28. The number of nitrogen functional groups attached to an aromatic ring is 1. The Kier molecular flexibility index (Phi) is 3.65. The normalized spacial score (nSPS) is 10.9. The molecule has 2 heterocycles. The van der Waals surface area contributed by atoms with E-state index in [1.165, 1.54) is 23.1 Å². The number of carbonyl (C=O) groups is 1. The van der Waals surface area contributed by atoms with Crippen molar-refractivity contribution in [2.75, 3.05) is 12.3 Å². The Hall–Kier alpha value is -3.03. The second-order valence-corrected chi connectivity index (χ2v) is 4.70. The third-order valence-electron chi connectivity index (χ3n) is 3.27. The summed E-state index contributed by atoms with van der Waals surface area (Å²) in [5.41, 5.74) is 5.44. The number of imidazole rings is 1. The highest BCUT2D eigenvalue weighted by molar-refractivity contribution is 5.94. The molecule has 1 aromatic carbocycles. The molecule has 0 saturated heterocycles. The van der Waals surface area contributed by atoms with Crippen LogP contribution in [-0.4, -0.2) is 26.9 Å². The van der Waals surface area contributed by atoms with Gasteiger partial charge in [0.15, 0.2) is 11.5 Å². The van der Waals surface area contributed by atoms with Crippen LogP contribution in [0.15, 0.2) is 30.9 Å². The standard InChI is InChI=1S/C15H12F2N4O2/c1-2-23-15(22)14-11-5-19-10(6-21(11)7-20-14)12-8(16)3-4-9(18)13(12)17/h3-7H,2,18H2,1H3. The lowest BCUT2D eigenvalue weighted by Crippen LogP contribution is -2.06. The second-order valence-electron chi connectivity index (χ2n) is 4.70. The van der Waals surface area contributed by atoms with Crippen molar-refractivity contribution in [1.29, 1.82) is 0 Å². The molecular formula is C15H12F2N4O2. The van der Waals surface area contributed by atoms with Gasteiger partial charge in [0.1, 0.15) is 12.1 Å². The van der Waals surface area contributed by atoms with Crippen molar-refractivity contribution in [3.05, 3.63) is 48.2 Å². The number of halogens is 2. The van der Waals surface area contributed by atoms with E-state index in [1.54, 1.807) is 6.92 Å². The minimum Gasteiger partial charge on any atom is -0.461 e. The molecular weight excluding hydrogens is 306 g/mol. The lowest BCUT2D eigenvalue weighted by atomic mass is 10.1. The lowest BCUT2D eigenvalue weighted by molar-refractivity contribution is 0.0522. The maximum atomic E-state index is 14.1. The predicted molar refractivity (Wildman–Crippen MR) is 78.7 cm³/mol. The molecule has 0 aliphatic rings. The van der Waals surface area contributed by atoms with Gasteiger partial charge in [-0.25, -0.2) is 18.6 Å². The fourth-order valence-electron chi connectivity index (χ4n) is 2.19. The van der Waals surface area contributed by atoms with Gasteiger partial charge in [0.25, 0.3) is 0 Å². The van der Waals surface area contributed by atoms with Gasteiger partial charge >= 0.3 is 5.97 Å². The molecule has 3 aromatic rings. The first-order chi connectivity index (χ1) is 11.0. The van der Waals surface area contributed by atoms with Gasteiger partial charge in [0.2, 0.25) is 0 Å². The zero-order valence-electron chi connectivity index (χ0n) is 12.1. The summed E-state index contributed by atoms with van der Waals surface area (Å²) in [5.74, 6) is -2.26. The third kappa shape index (κ3) is 2.48. The Labute approximate surface area is 129 Å². The zero-order chi connectivity index (χ0) is 16.6. The van der Waals surface area contributed by atoms with E-state index in [4.69, 9.17) is 10.5 Å². The van der Waals surface area contributed by atoms with Gasteiger partial charge in [0.05, 0.1) is 35.3 Å². The monoisotopic (exact) mass is 318 g/mol. The Morgan fingerprint density at radius 2 is 2.13 bits per heavy atom. The Bertz CT molecular complexity index is 908. The number of nitrogens with two attached hydrogens (primary N) is 1. The summed E-state index contributed by atoms with van der Waals surface area (Å²) in [6.45, 7) is 1.89. The van der Waals surface area contributed by atoms with Gasteiger partial charge in [0, 0.05) is 6.20 Å². The van der Waals surface area contributed by atoms with Crippen LogP contribution in [0.4, 0.5) is 14.5 Å². The van der Waals surface area contributed by atoms with Crippen molar-refractivity contribution in [2.24, 2.45) is 0 Å². The highest BCUT2D eigenvalue weighted by Gasteiger charge is 2.19. The maximum absolute atomic E-state index is 14.1. The van der Waals surface area contributed by atoms with Crippen molar-refractivity contribution in [3.8, 4) is 11.3 Å². The summed E-state index contributed by atoms with van der Waals surface area (Å²) in [4.78, 5) is 19.7. The number of aromatic nitrogens is 3. The Balaban J connectivity index is 2.13. The van der Waals surface area contributed by atoms with E-state index in [0.717, 1.165) is 12.1 Å². The first-order valence-electron chi connectivity index (χ1n) is 6.76. The maximum Gasteiger partial charge on any atom is 0.359 e. The first-order valence-corrected chi connectivity index (χ1v) is 6.76. The number of hydrogen-bond acceptors (Lipinski definition) is 5. The van der Waals surface area contributed by atoms with Gasteiger partial charge in [-0.3, -0.25) is 4.98 Å². The van der Waals surface area contributed by atoms with Crippen LogP contribution in [-0.2, 0) is 4.74 Å². The first kappa shape index (κ1) is 14.9. The second kappa shape index (κ2) is 5.64. The molecule has 23 heavy (non-hydrogen) atoms. The van der Waals surface area contributed by atoms with Crippen molar-refractivity contribution in [3.63, 3.8) is 0 Å². The molecule has 0 atom stereocenters. The van der Waals surface area contributed by atoms with Gasteiger partial charge in [-0.2, -0.15) is 0 Å². The lowest BCUT2D eigenvalue weighted by Gasteiger charge is -2.07. The van der Waals surface area contributed by atoms with E-state index in [-0.39, 0.29) is 29.2 Å². The molecule has 0 bridgehead atoms. The molecule has 0 radical (unpaired) electrons. The fraction of sp³-hybridized carbons (Fsp3) is 0.133. The number of rotatable bonds is 3. The molecule has 3 rings (SSSR count). The van der Waals surface area contributed by atoms with Crippen molar-refractivity contribution < 1.29 is 18.3 Å². The van der Waals surface area contributed by atoms with Gasteiger partial charge in [-0.1, -0.05) is 0 Å². The average Bonchev–Trinajstić information content (AvgIpc) is 2.95. The summed E-state index contributed by atoms with van der Waals surface area (Å²) in [5, 5.41) is 0. The zero-order valence-corrected chi connectivity index (χ0v) is 12.1. The molecule has 0 amide bonds. The predicted octanol–water partition coefficient (Wildman–Crippen LogP) is 2.43. The number of benzene rings is 1. The number of hydrogen-bond donors (Lipinski definition) is 1. The van der Waals surface area contributed by atoms with Crippen molar-refractivity contribution in [1.82, 2.24) is 14.4 Å². The topological polar surface area (TPSA) is 82.5 Å². The SMILES string of the molecule is CCOC(=O)c1ncn2cc(-c3c(F)ccc(N)c3F)ncc12. The summed E-state index contributed by atoms with van der Waals surface area (Å²) >= 11 is 0. The quantitative estimate of drug-likeness (QED) is 0.592. The Morgan fingerprint density at radius 1 is 1.35 bits per heavy atom. The Morgan fingerprint density at radius 3 is 2.87 bits per heavy atom. The van der Waals surface area contributed by atoms with Crippen LogP contribution >= 0.6 is 0 Å². The molecule has 0 unspecified atom stereocenters.